The number of nitrogens with zero attached hydrogens (tertiary/aromatic N) is 4. The zero-order valence-electron chi connectivity index (χ0n) is 20.0. The van der Waals surface area contributed by atoms with Gasteiger partial charge in [0.05, 0.1) is 21.2 Å². The molecule has 1 aromatic carbocycles. The number of aromatic nitrogens is 2. The molecule has 0 aliphatic carbocycles. The maximum Gasteiger partial charge on any atom is 0.243 e. The summed E-state index contributed by atoms with van der Waals surface area (Å²) >= 11 is 1.48. The van der Waals surface area contributed by atoms with E-state index in [1.165, 1.54) is 18.2 Å². The van der Waals surface area contributed by atoms with Crippen LogP contribution in [0.15, 0.2) is 28.3 Å². The summed E-state index contributed by atoms with van der Waals surface area (Å²) in [5, 5.41) is 0.529. The summed E-state index contributed by atoms with van der Waals surface area (Å²) in [7, 11) is -3.51. The molecular weight excluding hydrogens is 456 g/mol. The van der Waals surface area contributed by atoms with Crippen molar-refractivity contribution in [2.75, 3.05) is 19.6 Å². The van der Waals surface area contributed by atoms with E-state index in [9.17, 15) is 13.2 Å². The molecule has 2 aliphatic rings. The van der Waals surface area contributed by atoms with E-state index in [0.29, 0.717) is 36.1 Å². The lowest BCUT2D eigenvalue weighted by atomic mass is 10.00. The summed E-state index contributed by atoms with van der Waals surface area (Å²) in [5.41, 5.74) is 1.57. The number of carbonyl (C=O) groups excluding carboxylic acids is 1. The van der Waals surface area contributed by atoms with Crippen molar-refractivity contribution < 1.29 is 13.2 Å². The molecule has 1 aromatic heterocycles. The Balaban J connectivity index is 1.58. The molecule has 4 rings (SSSR count). The second kappa shape index (κ2) is 10.4. The van der Waals surface area contributed by atoms with Gasteiger partial charge in [-0.1, -0.05) is 25.1 Å². The van der Waals surface area contributed by atoms with Crippen molar-refractivity contribution >= 4 is 38.7 Å². The average Bonchev–Trinajstić information content (AvgIpc) is 3.20. The summed E-state index contributed by atoms with van der Waals surface area (Å²) < 4.78 is 29.9. The van der Waals surface area contributed by atoms with Gasteiger partial charge in [0.25, 0.3) is 0 Å². The van der Waals surface area contributed by atoms with Gasteiger partial charge in [0, 0.05) is 32.2 Å². The molecule has 1 amide bonds. The fourth-order valence-electron chi connectivity index (χ4n) is 5.06. The van der Waals surface area contributed by atoms with Gasteiger partial charge in [-0.15, -0.1) is 0 Å². The number of amides is 1. The third-order valence-electron chi connectivity index (χ3n) is 6.97. The van der Waals surface area contributed by atoms with Crippen molar-refractivity contribution in [2.24, 2.45) is 0 Å². The van der Waals surface area contributed by atoms with Gasteiger partial charge in [-0.3, -0.25) is 4.79 Å². The van der Waals surface area contributed by atoms with Crippen LogP contribution in [-0.2, 0) is 21.4 Å². The highest BCUT2D eigenvalue weighted by Crippen LogP contribution is 2.32. The summed E-state index contributed by atoms with van der Waals surface area (Å²) in [6, 6.07) is 5.58. The Labute approximate surface area is 202 Å². The van der Waals surface area contributed by atoms with Crippen molar-refractivity contribution in [3.05, 3.63) is 18.2 Å². The van der Waals surface area contributed by atoms with Crippen LogP contribution in [0.5, 0.6) is 0 Å². The minimum Gasteiger partial charge on any atom is -0.339 e. The summed E-state index contributed by atoms with van der Waals surface area (Å²) in [4.78, 5) is 20.4. The Morgan fingerprint density at radius 1 is 1.12 bits per heavy atom. The lowest BCUT2D eigenvalue weighted by Crippen LogP contribution is -2.46. The van der Waals surface area contributed by atoms with E-state index < -0.39 is 10.0 Å². The molecule has 0 radical (unpaired) electrons. The summed E-state index contributed by atoms with van der Waals surface area (Å²) in [5.74, 6) is 0.176. The first-order chi connectivity index (χ1) is 15.9. The molecule has 0 spiro atoms. The first kappa shape index (κ1) is 24.5. The van der Waals surface area contributed by atoms with Crippen LogP contribution in [-0.4, -0.2) is 64.0 Å². The van der Waals surface area contributed by atoms with Crippen LogP contribution < -0.4 is 0 Å². The SMILES string of the molecule is CCC1CCCCN1C(=O)C(C)Sc1nc2cc(S(=O)(=O)N3CCCCC3)ccc2n1CC. The Hall–Kier alpha value is -1.58. The van der Waals surface area contributed by atoms with Gasteiger partial charge in [-0.2, -0.15) is 4.31 Å². The molecule has 2 aliphatic heterocycles. The maximum atomic E-state index is 13.2. The van der Waals surface area contributed by atoms with E-state index in [2.05, 4.69) is 16.4 Å². The van der Waals surface area contributed by atoms with Crippen molar-refractivity contribution in [3.8, 4) is 0 Å². The number of rotatable bonds is 7. The fraction of sp³-hybridized carbons (Fsp3) is 0.667. The predicted octanol–water partition coefficient (Wildman–Crippen LogP) is 4.50. The topological polar surface area (TPSA) is 75.5 Å². The van der Waals surface area contributed by atoms with Crippen LogP contribution in [0.1, 0.15) is 65.7 Å². The van der Waals surface area contributed by atoms with Crippen molar-refractivity contribution in [1.82, 2.24) is 18.8 Å². The van der Waals surface area contributed by atoms with E-state index in [0.717, 1.165) is 55.7 Å². The highest BCUT2D eigenvalue weighted by Gasteiger charge is 2.31. The summed E-state index contributed by atoms with van der Waals surface area (Å²) in [6.07, 6.45) is 7.24. The van der Waals surface area contributed by atoms with Gasteiger partial charge in [0.15, 0.2) is 5.16 Å². The smallest absolute Gasteiger partial charge is 0.243 e. The molecule has 0 bridgehead atoms. The highest BCUT2D eigenvalue weighted by atomic mass is 32.2. The molecule has 33 heavy (non-hydrogen) atoms. The number of fused-ring (bicyclic) bond motifs is 1. The van der Waals surface area contributed by atoms with Crippen LogP contribution in [0.25, 0.3) is 11.0 Å². The van der Waals surface area contributed by atoms with Gasteiger partial charge < -0.3 is 9.47 Å². The molecule has 0 saturated carbocycles. The number of likely N-dealkylation sites (tertiary alicyclic amines) is 1. The van der Waals surface area contributed by atoms with Gasteiger partial charge >= 0.3 is 0 Å². The van der Waals surface area contributed by atoms with E-state index in [1.807, 2.05) is 19.9 Å². The number of benzene rings is 1. The van der Waals surface area contributed by atoms with Crippen LogP contribution in [0, 0.1) is 0 Å². The van der Waals surface area contributed by atoms with E-state index in [1.54, 1.807) is 16.4 Å². The first-order valence-corrected chi connectivity index (χ1v) is 14.7. The summed E-state index contributed by atoms with van der Waals surface area (Å²) in [6.45, 7) is 8.87. The van der Waals surface area contributed by atoms with Gasteiger partial charge in [-0.25, -0.2) is 13.4 Å². The van der Waals surface area contributed by atoms with Crippen molar-refractivity contribution in [2.45, 2.75) is 93.6 Å². The minimum absolute atomic E-state index is 0.176. The molecular formula is C24H36N4O3S2. The number of piperidine rings is 2. The van der Waals surface area contributed by atoms with Gasteiger partial charge in [-0.05, 0) is 70.6 Å². The Kier molecular flexibility index (Phi) is 7.70. The third-order valence-corrected chi connectivity index (χ3v) is 9.94. The molecule has 2 fully saturated rings. The van der Waals surface area contributed by atoms with E-state index >= 15 is 0 Å². The third kappa shape index (κ3) is 4.95. The number of carbonyl (C=O) groups is 1. The predicted molar refractivity (Wildman–Crippen MR) is 133 cm³/mol. The molecule has 2 saturated heterocycles. The zero-order chi connectivity index (χ0) is 23.6. The molecule has 2 unspecified atom stereocenters. The fourth-order valence-corrected chi connectivity index (χ4v) is 7.65. The second-order valence-electron chi connectivity index (χ2n) is 9.10. The van der Waals surface area contributed by atoms with Crippen molar-refractivity contribution in [1.29, 1.82) is 0 Å². The maximum absolute atomic E-state index is 13.2. The minimum atomic E-state index is -3.51. The average molecular weight is 493 g/mol. The van der Waals surface area contributed by atoms with Gasteiger partial charge in [0.2, 0.25) is 15.9 Å². The molecule has 7 nitrogen and oxygen atoms in total. The number of thioether (sulfide) groups is 1. The first-order valence-electron chi connectivity index (χ1n) is 12.3. The van der Waals surface area contributed by atoms with E-state index in [4.69, 9.17) is 4.98 Å². The number of hydrogen-bond donors (Lipinski definition) is 0. The Morgan fingerprint density at radius 3 is 2.55 bits per heavy atom. The Bertz CT molecular complexity index is 1090. The molecule has 2 aromatic rings. The van der Waals surface area contributed by atoms with Crippen molar-refractivity contribution in [3.63, 3.8) is 0 Å². The molecule has 3 heterocycles. The normalized spacial score (nSPS) is 21.4. The molecule has 182 valence electrons. The standard InChI is InChI=1S/C24H36N4O3S2/c1-4-19-11-7-10-16-28(19)23(29)18(3)32-24-25-21-17-20(12-13-22(21)27(24)5-2)33(30,31)26-14-8-6-9-15-26/h12-13,17-19H,4-11,14-16H2,1-3H3. The number of hydrogen-bond acceptors (Lipinski definition) is 5. The zero-order valence-corrected chi connectivity index (χ0v) is 21.6. The number of aryl methyl sites for hydroxylation is 1. The largest absolute Gasteiger partial charge is 0.339 e. The lowest BCUT2D eigenvalue weighted by Gasteiger charge is -2.36. The van der Waals surface area contributed by atoms with Crippen LogP contribution in [0.3, 0.4) is 0 Å². The molecule has 9 heteroatoms. The molecule has 0 N–H and O–H groups in total. The highest BCUT2D eigenvalue weighted by molar-refractivity contribution is 8.00. The second-order valence-corrected chi connectivity index (χ2v) is 12.3. The Morgan fingerprint density at radius 2 is 1.85 bits per heavy atom. The lowest BCUT2D eigenvalue weighted by molar-refractivity contribution is -0.134. The van der Waals surface area contributed by atoms with Gasteiger partial charge in [0.1, 0.15) is 0 Å². The monoisotopic (exact) mass is 492 g/mol. The van der Waals surface area contributed by atoms with E-state index in [-0.39, 0.29) is 11.2 Å². The number of sulfonamides is 1. The van der Waals surface area contributed by atoms with Crippen LogP contribution in [0.4, 0.5) is 0 Å². The van der Waals surface area contributed by atoms with Crippen LogP contribution >= 0.6 is 11.8 Å². The quantitative estimate of drug-likeness (QED) is 0.532. The molecule has 2 atom stereocenters. The van der Waals surface area contributed by atoms with Crippen LogP contribution in [0.2, 0.25) is 0 Å². The number of imidazole rings is 1.